The molecule has 1 heterocycles. The number of ether oxygens (including phenoxy) is 1. The van der Waals surface area contributed by atoms with Gasteiger partial charge in [-0.15, -0.1) is 0 Å². The summed E-state index contributed by atoms with van der Waals surface area (Å²) in [7, 11) is 1.64. The van der Waals surface area contributed by atoms with Gasteiger partial charge in [0.1, 0.15) is 5.25 Å². The van der Waals surface area contributed by atoms with Crippen LogP contribution in [0, 0.1) is 6.92 Å². The van der Waals surface area contributed by atoms with Crippen molar-refractivity contribution >= 4 is 57.7 Å². The van der Waals surface area contributed by atoms with Crippen LogP contribution in [0.25, 0.3) is 0 Å². The van der Waals surface area contributed by atoms with Crippen LogP contribution in [0.2, 0.25) is 5.02 Å². The lowest BCUT2D eigenvalue weighted by Crippen LogP contribution is -2.30. The summed E-state index contributed by atoms with van der Waals surface area (Å²) in [5.74, 6) is -0.895. The maximum absolute atomic E-state index is 12.6. The Labute approximate surface area is 189 Å². The predicted octanol–water partition coefficient (Wildman–Crippen LogP) is 4.42. The van der Waals surface area contributed by atoms with Crippen LogP contribution in [-0.4, -0.2) is 46.8 Å². The van der Waals surface area contributed by atoms with E-state index in [4.69, 9.17) is 16.3 Å². The second-order valence-corrected chi connectivity index (χ2v) is 8.46. The molecule has 1 atom stereocenters. The summed E-state index contributed by atoms with van der Waals surface area (Å²) >= 11 is 7.30. The lowest BCUT2D eigenvalue weighted by atomic mass is 10.2. The van der Waals surface area contributed by atoms with Crippen molar-refractivity contribution in [2.45, 2.75) is 25.5 Å². The number of rotatable bonds is 6. The molecule has 1 N–H and O–H groups in total. The summed E-state index contributed by atoms with van der Waals surface area (Å²) in [6, 6.07) is 11.8. The lowest BCUT2D eigenvalue weighted by Gasteiger charge is -2.10. The zero-order valence-electron chi connectivity index (χ0n) is 17.3. The van der Waals surface area contributed by atoms with Gasteiger partial charge in [-0.25, -0.2) is 9.79 Å². The molecule has 31 heavy (non-hydrogen) atoms. The summed E-state index contributed by atoms with van der Waals surface area (Å²) in [4.78, 5) is 42.7. The molecule has 0 saturated carbocycles. The summed E-state index contributed by atoms with van der Waals surface area (Å²) in [5.41, 5.74) is 2.52. The number of halogens is 1. The first kappa shape index (κ1) is 22.8. The molecule has 0 radical (unpaired) electrons. The second-order valence-electron chi connectivity index (χ2n) is 6.88. The number of carbonyl (C=O) groups excluding carboxylic acids is 3. The normalized spacial score (nSPS) is 17.2. The topological polar surface area (TPSA) is 88.1 Å². The van der Waals surface area contributed by atoms with E-state index in [0.717, 1.165) is 5.56 Å². The number of hydrogen-bond acceptors (Lipinski definition) is 6. The van der Waals surface area contributed by atoms with Gasteiger partial charge in [0.15, 0.2) is 5.17 Å². The van der Waals surface area contributed by atoms with Crippen molar-refractivity contribution in [1.82, 2.24) is 4.90 Å². The number of hydrogen-bond donors (Lipinski definition) is 1. The summed E-state index contributed by atoms with van der Waals surface area (Å²) in [5, 5.41) is 3.37. The number of amides is 2. The minimum atomic E-state index is -0.559. The number of esters is 1. The number of amidine groups is 1. The van der Waals surface area contributed by atoms with Gasteiger partial charge in [0.2, 0.25) is 11.8 Å². The van der Waals surface area contributed by atoms with Gasteiger partial charge in [-0.2, -0.15) is 0 Å². The zero-order valence-corrected chi connectivity index (χ0v) is 18.9. The maximum Gasteiger partial charge on any atom is 0.338 e. The molecule has 2 aromatic rings. The minimum absolute atomic E-state index is 0.00608. The van der Waals surface area contributed by atoms with Crippen LogP contribution in [0.4, 0.5) is 11.4 Å². The van der Waals surface area contributed by atoms with Crippen molar-refractivity contribution in [2.24, 2.45) is 4.99 Å². The van der Waals surface area contributed by atoms with Crippen LogP contribution >= 0.6 is 23.4 Å². The van der Waals surface area contributed by atoms with E-state index in [1.54, 1.807) is 50.4 Å². The van der Waals surface area contributed by atoms with Crippen molar-refractivity contribution < 1.29 is 19.1 Å². The molecular weight excluding hydrogens is 438 g/mol. The first-order valence-corrected chi connectivity index (χ1v) is 10.9. The molecule has 2 aromatic carbocycles. The smallest absolute Gasteiger partial charge is 0.338 e. The van der Waals surface area contributed by atoms with Crippen molar-refractivity contribution in [3.05, 3.63) is 58.6 Å². The monoisotopic (exact) mass is 459 g/mol. The highest BCUT2D eigenvalue weighted by Crippen LogP contribution is 2.31. The largest absolute Gasteiger partial charge is 0.462 e. The fraction of sp³-hybridized carbons (Fsp3) is 0.273. The van der Waals surface area contributed by atoms with E-state index in [-0.39, 0.29) is 18.2 Å². The molecule has 7 nitrogen and oxygen atoms in total. The predicted molar refractivity (Wildman–Crippen MR) is 123 cm³/mol. The average Bonchev–Trinajstić information content (AvgIpc) is 2.99. The molecule has 0 spiro atoms. The Morgan fingerprint density at radius 3 is 2.58 bits per heavy atom. The van der Waals surface area contributed by atoms with E-state index < -0.39 is 11.2 Å². The van der Waals surface area contributed by atoms with Gasteiger partial charge in [0.25, 0.3) is 0 Å². The Bertz CT molecular complexity index is 1040. The molecule has 162 valence electrons. The molecule has 1 fully saturated rings. The Morgan fingerprint density at radius 1 is 1.23 bits per heavy atom. The van der Waals surface area contributed by atoms with Crippen LogP contribution in [-0.2, 0) is 14.3 Å². The molecule has 0 bridgehead atoms. The Balaban J connectivity index is 1.62. The van der Waals surface area contributed by atoms with Gasteiger partial charge in [0.05, 0.1) is 17.9 Å². The number of benzene rings is 2. The molecule has 1 aliphatic rings. The van der Waals surface area contributed by atoms with E-state index in [1.165, 1.54) is 16.7 Å². The molecule has 0 aromatic heterocycles. The van der Waals surface area contributed by atoms with E-state index in [9.17, 15) is 14.4 Å². The molecule has 3 rings (SSSR count). The van der Waals surface area contributed by atoms with Gasteiger partial charge >= 0.3 is 5.97 Å². The third-order valence-electron chi connectivity index (χ3n) is 4.56. The zero-order chi connectivity index (χ0) is 22.5. The van der Waals surface area contributed by atoms with Crippen LogP contribution < -0.4 is 5.32 Å². The van der Waals surface area contributed by atoms with E-state index >= 15 is 0 Å². The third kappa shape index (κ3) is 5.65. The highest BCUT2D eigenvalue weighted by atomic mass is 35.5. The first-order valence-electron chi connectivity index (χ1n) is 9.64. The van der Waals surface area contributed by atoms with Gasteiger partial charge in [-0.05, 0) is 61.9 Å². The number of nitrogens with one attached hydrogen (secondary N) is 1. The van der Waals surface area contributed by atoms with Crippen molar-refractivity contribution in [2.75, 3.05) is 19.0 Å². The molecule has 1 aliphatic heterocycles. The fourth-order valence-electron chi connectivity index (χ4n) is 2.89. The van der Waals surface area contributed by atoms with E-state index in [1.807, 2.05) is 13.0 Å². The standard InChI is InChI=1S/C22H22ClN3O4S/c1-4-30-21(29)14-5-7-15(8-6-14)24-19(27)12-18-20(28)26(3)22(31-18)25-16-9-10-17(23)13(2)11-16/h5-11,18H,4,12H2,1-3H3,(H,24,27)/t18-/m0/s1. The number of nitrogens with zero attached hydrogens (tertiary/aromatic N) is 2. The van der Waals surface area contributed by atoms with Crippen molar-refractivity contribution in [1.29, 1.82) is 0 Å². The Hall–Kier alpha value is -2.84. The van der Waals surface area contributed by atoms with Crippen molar-refractivity contribution in [3.63, 3.8) is 0 Å². The molecule has 0 aliphatic carbocycles. The average molecular weight is 460 g/mol. The van der Waals surface area contributed by atoms with Crippen LogP contribution in [0.3, 0.4) is 0 Å². The van der Waals surface area contributed by atoms with E-state index in [2.05, 4.69) is 10.3 Å². The highest BCUT2D eigenvalue weighted by Gasteiger charge is 2.37. The van der Waals surface area contributed by atoms with Crippen LogP contribution in [0.1, 0.15) is 29.3 Å². The Kier molecular flexibility index (Phi) is 7.35. The molecule has 2 amide bonds. The third-order valence-corrected chi connectivity index (χ3v) is 6.21. The highest BCUT2D eigenvalue weighted by molar-refractivity contribution is 8.15. The molecular formula is C22H22ClN3O4S. The first-order chi connectivity index (χ1) is 14.8. The molecule has 9 heteroatoms. The van der Waals surface area contributed by atoms with Gasteiger partial charge in [0, 0.05) is 24.2 Å². The van der Waals surface area contributed by atoms with Gasteiger partial charge in [-0.1, -0.05) is 23.4 Å². The second kappa shape index (κ2) is 9.98. The fourth-order valence-corrected chi connectivity index (χ4v) is 4.16. The number of thioether (sulfide) groups is 1. The van der Waals surface area contributed by atoms with E-state index in [0.29, 0.717) is 33.7 Å². The van der Waals surface area contributed by atoms with Gasteiger partial charge in [-0.3, -0.25) is 14.5 Å². The van der Waals surface area contributed by atoms with Gasteiger partial charge < -0.3 is 10.1 Å². The number of aryl methyl sites for hydroxylation is 1. The minimum Gasteiger partial charge on any atom is -0.462 e. The summed E-state index contributed by atoms with van der Waals surface area (Å²) in [6.45, 7) is 3.91. The molecule has 1 saturated heterocycles. The Morgan fingerprint density at radius 2 is 1.94 bits per heavy atom. The number of aliphatic imine (C=N–C) groups is 1. The lowest BCUT2D eigenvalue weighted by molar-refractivity contribution is -0.127. The van der Waals surface area contributed by atoms with Crippen molar-refractivity contribution in [3.8, 4) is 0 Å². The SMILES string of the molecule is CCOC(=O)c1ccc(NC(=O)C[C@@H]2SC(=Nc3ccc(Cl)c(C)c3)N(C)C2=O)cc1. The number of carbonyl (C=O) groups is 3. The summed E-state index contributed by atoms with van der Waals surface area (Å²) in [6.07, 6.45) is 0.00608. The number of anilines is 1. The quantitative estimate of drug-likeness (QED) is 0.646. The summed E-state index contributed by atoms with van der Waals surface area (Å²) < 4.78 is 4.94. The van der Waals surface area contributed by atoms with Crippen LogP contribution in [0.15, 0.2) is 47.5 Å². The maximum atomic E-state index is 12.6. The van der Waals surface area contributed by atoms with Crippen LogP contribution in [0.5, 0.6) is 0 Å². The molecule has 0 unspecified atom stereocenters.